The number of hydrogen-bond acceptors (Lipinski definition) is 2. The van der Waals surface area contributed by atoms with Gasteiger partial charge in [-0.2, -0.15) is 0 Å². The van der Waals surface area contributed by atoms with Crippen LogP contribution in [-0.2, 0) is 6.54 Å². The maximum atomic E-state index is 3.62. The van der Waals surface area contributed by atoms with E-state index >= 15 is 0 Å². The Kier molecular flexibility index (Phi) is 7.23. The van der Waals surface area contributed by atoms with Crippen molar-refractivity contribution in [1.29, 1.82) is 0 Å². The van der Waals surface area contributed by atoms with Crippen molar-refractivity contribution in [2.75, 3.05) is 26.7 Å². The molecule has 2 rings (SSSR count). The van der Waals surface area contributed by atoms with Gasteiger partial charge in [-0.25, -0.2) is 0 Å². The number of piperidine rings is 1. The third kappa shape index (κ3) is 4.54. The molecule has 1 heterocycles. The fourth-order valence-electron chi connectivity index (χ4n) is 2.50. The van der Waals surface area contributed by atoms with E-state index in [4.69, 9.17) is 0 Å². The first-order chi connectivity index (χ1) is 8.29. The minimum atomic E-state index is 0. The molecule has 0 aliphatic carbocycles. The molecule has 1 aromatic carbocycles. The van der Waals surface area contributed by atoms with Gasteiger partial charge in [0.1, 0.15) is 0 Å². The molecule has 0 amide bonds. The maximum absolute atomic E-state index is 3.62. The average Bonchev–Trinajstić information content (AvgIpc) is 2.35. The molecule has 0 atom stereocenters. The fraction of sp³-hybridized carbons (Fsp3) is 0.571. The maximum Gasteiger partial charge on any atom is 0.0244 e. The molecule has 0 saturated carbocycles. The number of halogens is 2. The van der Waals surface area contributed by atoms with Crippen molar-refractivity contribution < 1.29 is 0 Å². The Hall–Kier alpha value is -0.0900. The SMILES string of the molecule is CNCC1CCN(Cc2ccccc2Br)CC1.Cl. The zero-order valence-corrected chi connectivity index (χ0v) is 13.3. The van der Waals surface area contributed by atoms with Crippen molar-refractivity contribution in [3.05, 3.63) is 34.3 Å². The topological polar surface area (TPSA) is 15.3 Å². The molecular formula is C14H22BrClN2. The average molecular weight is 334 g/mol. The van der Waals surface area contributed by atoms with Crippen LogP contribution in [0.5, 0.6) is 0 Å². The highest BCUT2D eigenvalue weighted by atomic mass is 79.9. The van der Waals surface area contributed by atoms with Crippen LogP contribution in [0.25, 0.3) is 0 Å². The zero-order valence-electron chi connectivity index (χ0n) is 10.9. The summed E-state index contributed by atoms with van der Waals surface area (Å²) in [5.41, 5.74) is 1.40. The van der Waals surface area contributed by atoms with E-state index in [1.54, 1.807) is 0 Å². The van der Waals surface area contributed by atoms with Crippen molar-refractivity contribution in [3.8, 4) is 0 Å². The van der Waals surface area contributed by atoms with Gasteiger partial charge in [0.2, 0.25) is 0 Å². The molecule has 18 heavy (non-hydrogen) atoms. The van der Waals surface area contributed by atoms with Crippen molar-refractivity contribution in [2.45, 2.75) is 19.4 Å². The first-order valence-electron chi connectivity index (χ1n) is 6.40. The predicted octanol–water partition coefficient (Wildman–Crippen LogP) is 3.30. The van der Waals surface area contributed by atoms with Crippen LogP contribution in [0.3, 0.4) is 0 Å². The van der Waals surface area contributed by atoms with Crippen LogP contribution in [0.15, 0.2) is 28.7 Å². The van der Waals surface area contributed by atoms with Crippen LogP contribution in [-0.4, -0.2) is 31.6 Å². The third-order valence-corrected chi connectivity index (χ3v) is 4.33. The van der Waals surface area contributed by atoms with E-state index in [1.165, 1.54) is 42.5 Å². The smallest absolute Gasteiger partial charge is 0.0244 e. The zero-order chi connectivity index (χ0) is 12.1. The van der Waals surface area contributed by atoms with E-state index in [0.29, 0.717) is 0 Å². The second-order valence-corrected chi connectivity index (χ2v) is 5.72. The van der Waals surface area contributed by atoms with E-state index < -0.39 is 0 Å². The van der Waals surface area contributed by atoms with Gasteiger partial charge in [-0.3, -0.25) is 4.90 Å². The van der Waals surface area contributed by atoms with Crippen molar-refractivity contribution >= 4 is 28.3 Å². The Bertz CT molecular complexity index is 351. The van der Waals surface area contributed by atoms with Gasteiger partial charge >= 0.3 is 0 Å². The van der Waals surface area contributed by atoms with Crippen LogP contribution >= 0.6 is 28.3 Å². The van der Waals surface area contributed by atoms with Gasteiger partial charge in [0.25, 0.3) is 0 Å². The lowest BCUT2D eigenvalue weighted by atomic mass is 9.96. The number of nitrogens with one attached hydrogen (secondary N) is 1. The van der Waals surface area contributed by atoms with Crippen LogP contribution in [0.4, 0.5) is 0 Å². The van der Waals surface area contributed by atoms with Gasteiger partial charge in [0.15, 0.2) is 0 Å². The van der Waals surface area contributed by atoms with Gasteiger partial charge in [-0.1, -0.05) is 34.1 Å². The summed E-state index contributed by atoms with van der Waals surface area (Å²) in [7, 11) is 2.05. The van der Waals surface area contributed by atoms with Gasteiger partial charge in [0, 0.05) is 11.0 Å². The van der Waals surface area contributed by atoms with E-state index in [-0.39, 0.29) is 12.4 Å². The second kappa shape index (κ2) is 8.16. The van der Waals surface area contributed by atoms with Crippen LogP contribution in [0.1, 0.15) is 18.4 Å². The molecule has 1 aliphatic rings. The van der Waals surface area contributed by atoms with E-state index in [1.807, 2.05) is 7.05 Å². The largest absolute Gasteiger partial charge is 0.319 e. The molecule has 0 bridgehead atoms. The quantitative estimate of drug-likeness (QED) is 0.909. The standard InChI is InChI=1S/C14H21BrN2.ClH/c1-16-10-12-6-8-17(9-7-12)11-13-4-2-3-5-14(13)15;/h2-5,12,16H,6-11H2,1H3;1H. The minimum absolute atomic E-state index is 0. The summed E-state index contributed by atoms with van der Waals surface area (Å²) in [6.07, 6.45) is 2.65. The van der Waals surface area contributed by atoms with Crippen LogP contribution in [0.2, 0.25) is 0 Å². The second-order valence-electron chi connectivity index (χ2n) is 4.87. The molecule has 4 heteroatoms. The van der Waals surface area contributed by atoms with Crippen LogP contribution < -0.4 is 5.32 Å². The summed E-state index contributed by atoms with van der Waals surface area (Å²) in [6.45, 7) is 4.71. The molecule has 0 radical (unpaired) electrons. The summed E-state index contributed by atoms with van der Waals surface area (Å²) in [5, 5.41) is 3.29. The van der Waals surface area contributed by atoms with Crippen molar-refractivity contribution in [2.24, 2.45) is 5.92 Å². The first-order valence-corrected chi connectivity index (χ1v) is 7.19. The minimum Gasteiger partial charge on any atom is -0.319 e. The fourth-order valence-corrected chi connectivity index (χ4v) is 2.92. The molecule has 0 unspecified atom stereocenters. The van der Waals surface area contributed by atoms with Gasteiger partial charge in [-0.15, -0.1) is 12.4 Å². The molecule has 0 spiro atoms. The normalized spacial score (nSPS) is 17.4. The summed E-state index contributed by atoms with van der Waals surface area (Å²) in [5.74, 6) is 0.871. The monoisotopic (exact) mass is 332 g/mol. The lowest BCUT2D eigenvalue weighted by Crippen LogP contribution is -2.36. The van der Waals surface area contributed by atoms with Crippen LogP contribution in [0, 0.1) is 5.92 Å². The lowest BCUT2D eigenvalue weighted by Gasteiger charge is -2.32. The van der Waals surface area contributed by atoms with Crippen molar-refractivity contribution in [1.82, 2.24) is 10.2 Å². The molecule has 0 aromatic heterocycles. The molecule has 1 saturated heterocycles. The molecule has 1 N–H and O–H groups in total. The highest BCUT2D eigenvalue weighted by molar-refractivity contribution is 9.10. The van der Waals surface area contributed by atoms with E-state index in [0.717, 1.165) is 12.5 Å². The van der Waals surface area contributed by atoms with Gasteiger partial charge in [0.05, 0.1) is 0 Å². The molecule has 1 aliphatic heterocycles. The number of rotatable bonds is 4. The Morgan fingerprint density at radius 3 is 2.56 bits per heavy atom. The molecular weight excluding hydrogens is 312 g/mol. The van der Waals surface area contributed by atoms with E-state index in [2.05, 4.69) is 50.4 Å². The lowest BCUT2D eigenvalue weighted by molar-refractivity contribution is 0.176. The highest BCUT2D eigenvalue weighted by Gasteiger charge is 2.18. The summed E-state index contributed by atoms with van der Waals surface area (Å²) in [6, 6.07) is 8.54. The molecule has 1 fully saturated rings. The first kappa shape index (κ1) is 16.0. The van der Waals surface area contributed by atoms with E-state index in [9.17, 15) is 0 Å². The predicted molar refractivity (Wildman–Crippen MR) is 83.3 cm³/mol. The Labute approximate surface area is 125 Å². The van der Waals surface area contributed by atoms with Crippen molar-refractivity contribution in [3.63, 3.8) is 0 Å². The summed E-state index contributed by atoms with van der Waals surface area (Å²) >= 11 is 3.62. The molecule has 2 nitrogen and oxygen atoms in total. The summed E-state index contributed by atoms with van der Waals surface area (Å²) in [4.78, 5) is 2.56. The number of hydrogen-bond donors (Lipinski definition) is 1. The Morgan fingerprint density at radius 1 is 1.28 bits per heavy atom. The Balaban J connectivity index is 0.00000162. The highest BCUT2D eigenvalue weighted by Crippen LogP contribution is 2.22. The number of benzene rings is 1. The number of nitrogens with zero attached hydrogens (tertiary/aromatic N) is 1. The number of likely N-dealkylation sites (tertiary alicyclic amines) is 1. The molecule has 1 aromatic rings. The summed E-state index contributed by atoms with van der Waals surface area (Å²) < 4.78 is 1.23. The Morgan fingerprint density at radius 2 is 1.94 bits per heavy atom. The molecule has 102 valence electrons. The van der Waals surface area contributed by atoms with Gasteiger partial charge < -0.3 is 5.32 Å². The van der Waals surface area contributed by atoms with Gasteiger partial charge in [-0.05, 0) is 57.1 Å². The third-order valence-electron chi connectivity index (χ3n) is 3.55.